The van der Waals surface area contributed by atoms with Crippen LogP contribution in [0.5, 0.6) is 0 Å². The zero-order valence-corrected chi connectivity index (χ0v) is 9.64. The largest absolute Gasteiger partial charge is 0.348 e. The normalized spacial score (nSPS) is 22.5. The standard InChI is InChI=1S/C11H23NO2/c1-4-5-10(2)12-7-6-11(3)13-8-9-14-11/h10,12H,4-9H2,1-3H3. The molecule has 14 heavy (non-hydrogen) atoms. The lowest BCUT2D eigenvalue weighted by Gasteiger charge is -2.23. The molecule has 0 aliphatic carbocycles. The van der Waals surface area contributed by atoms with Crippen molar-refractivity contribution in [3.8, 4) is 0 Å². The van der Waals surface area contributed by atoms with Gasteiger partial charge in [-0.25, -0.2) is 0 Å². The van der Waals surface area contributed by atoms with Crippen molar-refractivity contribution in [3.63, 3.8) is 0 Å². The molecule has 0 aromatic carbocycles. The zero-order valence-electron chi connectivity index (χ0n) is 9.64. The minimum absolute atomic E-state index is 0.334. The van der Waals surface area contributed by atoms with E-state index in [4.69, 9.17) is 9.47 Å². The van der Waals surface area contributed by atoms with Gasteiger partial charge in [0.1, 0.15) is 0 Å². The molecule has 0 bridgehead atoms. The van der Waals surface area contributed by atoms with Gasteiger partial charge in [-0.15, -0.1) is 0 Å². The molecule has 1 aliphatic heterocycles. The summed E-state index contributed by atoms with van der Waals surface area (Å²) in [7, 11) is 0. The molecule has 0 aromatic heterocycles. The summed E-state index contributed by atoms with van der Waals surface area (Å²) in [6.07, 6.45) is 3.40. The monoisotopic (exact) mass is 201 g/mol. The Morgan fingerprint density at radius 1 is 1.36 bits per heavy atom. The van der Waals surface area contributed by atoms with E-state index < -0.39 is 0 Å². The first-order chi connectivity index (χ1) is 6.66. The molecule has 1 fully saturated rings. The minimum atomic E-state index is -0.334. The zero-order chi connectivity index (χ0) is 10.4. The molecule has 1 unspecified atom stereocenters. The molecule has 3 heteroatoms. The van der Waals surface area contributed by atoms with Gasteiger partial charge in [0.2, 0.25) is 0 Å². The minimum Gasteiger partial charge on any atom is -0.348 e. The molecule has 1 aliphatic rings. The maximum absolute atomic E-state index is 5.52. The topological polar surface area (TPSA) is 30.5 Å². The highest BCUT2D eigenvalue weighted by Gasteiger charge is 2.30. The quantitative estimate of drug-likeness (QED) is 0.712. The van der Waals surface area contributed by atoms with Crippen LogP contribution in [0.1, 0.15) is 40.0 Å². The lowest BCUT2D eigenvalue weighted by molar-refractivity contribution is -0.145. The fourth-order valence-electron chi connectivity index (χ4n) is 1.78. The summed E-state index contributed by atoms with van der Waals surface area (Å²) in [5.74, 6) is -0.334. The van der Waals surface area contributed by atoms with Crippen LogP contribution >= 0.6 is 0 Å². The summed E-state index contributed by atoms with van der Waals surface area (Å²) in [5.41, 5.74) is 0. The first-order valence-electron chi connectivity index (χ1n) is 5.67. The second-order valence-corrected chi connectivity index (χ2v) is 4.22. The van der Waals surface area contributed by atoms with Gasteiger partial charge in [-0.05, 0) is 20.3 Å². The van der Waals surface area contributed by atoms with E-state index in [0.29, 0.717) is 6.04 Å². The van der Waals surface area contributed by atoms with Crippen LogP contribution in [0.15, 0.2) is 0 Å². The molecular formula is C11H23NO2. The Morgan fingerprint density at radius 2 is 2.00 bits per heavy atom. The van der Waals surface area contributed by atoms with Crippen molar-refractivity contribution >= 4 is 0 Å². The van der Waals surface area contributed by atoms with E-state index >= 15 is 0 Å². The molecule has 3 nitrogen and oxygen atoms in total. The van der Waals surface area contributed by atoms with E-state index in [0.717, 1.165) is 26.2 Å². The van der Waals surface area contributed by atoms with Crippen molar-refractivity contribution in [1.82, 2.24) is 5.32 Å². The maximum Gasteiger partial charge on any atom is 0.166 e. The van der Waals surface area contributed by atoms with Crippen molar-refractivity contribution in [1.29, 1.82) is 0 Å². The van der Waals surface area contributed by atoms with Crippen LogP contribution in [-0.4, -0.2) is 31.6 Å². The third-order valence-electron chi connectivity index (χ3n) is 2.69. The molecule has 1 atom stereocenters. The van der Waals surface area contributed by atoms with E-state index in [1.807, 2.05) is 6.92 Å². The van der Waals surface area contributed by atoms with Gasteiger partial charge in [0.25, 0.3) is 0 Å². The van der Waals surface area contributed by atoms with Crippen LogP contribution in [-0.2, 0) is 9.47 Å². The van der Waals surface area contributed by atoms with Crippen molar-refractivity contribution < 1.29 is 9.47 Å². The van der Waals surface area contributed by atoms with Crippen LogP contribution in [0.25, 0.3) is 0 Å². The Bertz CT molecular complexity index is 155. The molecule has 0 aromatic rings. The Labute approximate surface area is 87.2 Å². The summed E-state index contributed by atoms with van der Waals surface area (Å²) in [6, 6.07) is 0.602. The summed E-state index contributed by atoms with van der Waals surface area (Å²) in [5, 5.41) is 3.48. The van der Waals surface area contributed by atoms with Crippen molar-refractivity contribution in [3.05, 3.63) is 0 Å². The van der Waals surface area contributed by atoms with Crippen molar-refractivity contribution in [2.75, 3.05) is 19.8 Å². The molecule has 84 valence electrons. The molecule has 1 saturated heterocycles. The lowest BCUT2D eigenvalue weighted by atomic mass is 10.1. The van der Waals surface area contributed by atoms with E-state index in [1.54, 1.807) is 0 Å². The molecule has 0 amide bonds. The number of hydrogen-bond donors (Lipinski definition) is 1. The molecule has 1 heterocycles. The Kier molecular flexibility index (Phi) is 4.85. The number of nitrogens with one attached hydrogen (secondary N) is 1. The lowest BCUT2D eigenvalue weighted by Crippen LogP contribution is -2.34. The second kappa shape index (κ2) is 5.69. The number of hydrogen-bond acceptors (Lipinski definition) is 3. The predicted octanol–water partition coefficient (Wildman–Crippen LogP) is 1.92. The van der Waals surface area contributed by atoms with Crippen molar-refractivity contribution in [2.24, 2.45) is 0 Å². The average molecular weight is 201 g/mol. The first kappa shape index (κ1) is 12.0. The van der Waals surface area contributed by atoms with Crippen LogP contribution in [0.2, 0.25) is 0 Å². The van der Waals surface area contributed by atoms with Gasteiger partial charge in [0, 0.05) is 19.0 Å². The van der Waals surface area contributed by atoms with E-state index in [-0.39, 0.29) is 5.79 Å². The first-order valence-corrected chi connectivity index (χ1v) is 5.67. The maximum atomic E-state index is 5.52. The van der Waals surface area contributed by atoms with Crippen LogP contribution in [0.3, 0.4) is 0 Å². The SMILES string of the molecule is CCCC(C)NCCC1(C)OCCO1. The summed E-state index contributed by atoms with van der Waals surface area (Å²) >= 11 is 0. The van der Waals surface area contributed by atoms with Gasteiger partial charge in [-0.1, -0.05) is 13.3 Å². The Morgan fingerprint density at radius 3 is 2.57 bits per heavy atom. The second-order valence-electron chi connectivity index (χ2n) is 4.22. The van der Waals surface area contributed by atoms with Gasteiger partial charge in [0.05, 0.1) is 13.2 Å². The molecule has 0 saturated carbocycles. The van der Waals surface area contributed by atoms with E-state index in [9.17, 15) is 0 Å². The van der Waals surface area contributed by atoms with Crippen LogP contribution in [0.4, 0.5) is 0 Å². The van der Waals surface area contributed by atoms with Gasteiger partial charge in [-0.2, -0.15) is 0 Å². The molecule has 1 N–H and O–H groups in total. The average Bonchev–Trinajstić information content (AvgIpc) is 2.53. The fraction of sp³-hybridized carbons (Fsp3) is 1.00. The fourth-order valence-corrected chi connectivity index (χ4v) is 1.78. The number of ether oxygens (including phenoxy) is 2. The summed E-state index contributed by atoms with van der Waals surface area (Å²) in [6.45, 7) is 8.90. The summed E-state index contributed by atoms with van der Waals surface area (Å²) in [4.78, 5) is 0. The van der Waals surface area contributed by atoms with Gasteiger partial charge in [-0.3, -0.25) is 0 Å². The van der Waals surface area contributed by atoms with Crippen molar-refractivity contribution in [2.45, 2.75) is 51.9 Å². The smallest absolute Gasteiger partial charge is 0.166 e. The Balaban J connectivity index is 2.08. The molecule has 0 radical (unpaired) electrons. The molecular weight excluding hydrogens is 178 g/mol. The molecule has 0 spiro atoms. The predicted molar refractivity (Wildman–Crippen MR) is 57.3 cm³/mol. The molecule has 1 rings (SSSR count). The van der Waals surface area contributed by atoms with Gasteiger partial charge >= 0.3 is 0 Å². The van der Waals surface area contributed by atoms with Crippen LogP contribution in [0, 0.1) is 0 Å². The van der Waals surface area contributed by atoms with Crippen LogP contribution < -0.4 is 5.32 Å². The highest BCUT2D eigenvalue weighted by Crippen LogP contribution is 2.21. The van der Waals surface area contributed by atoms with E-state index in [2.05, 4.69) is 19.2 Å². The highest BCUT2D eigenvalue weighted by atomic mass is 16.7. The summed E-state index contributed by atoms with van der Waals surface area (Å²) < 4.78 is 11.0. The number of rotatable bonds is 6. The third kappa shape index (κ3) is 3.95. The van der Waals surface area contributed by atoms with Gasteiger partial charge in [0.15, 0.2) is 5.79 Å². The van der Waals surface area contributed by atoms with E-state index in [1.165, 1.54) is 12.8 Å². The highest BCUT2D eigenvalue weighted by molar-refractivity contribution is 4.70. The van der Waals surface area contributed by atoms with Gasteiger partial charge < -0.3 is 14.8 Å². The Hall–Kier alpha value is -0.120. The third-order valence-corrected chi connectivity index (χ3v) is 2.69.